The molecule has 2 N–H and O–H groups in total. The van der Waals surface area contributed by atoms with Crippen molar-refractivity contribution in [2.45, 2.75) is 30.6 Å². The maximum Gasteiger partial charge on any atom is 0.220 e. The Kier molecular flexibility index (Phi) is 5.28. The fourth-order valence-electron chi connectivity index (χ4n) is 2.08. The first kappa shape index (κ1) is 14.4. The van der Waals surface area contributed by atoms with Gasteiger partial charge in [-0.2, -0.15) is 0 Å². The molecular formula is C15H21NO2S. The third-order valence-electron chi connectivity index (χ3n) is 3.60. The van der Waals surface area contributed by atoms with E-state index >= 15 is 0 Å². The van der Waals surface area contributed by atoms with E-state index in [1.807, 2.05) is 18.2 Å². The summed E-state index contributed by atoms with van der Waals surface area (Å²) in [6.45, 7) is 0.947. The first-order valence-corrected chi connectivity index (χ1v) is 7.78. The van der Waals surface area contributed by atoms with Gasteiger partial charge in [-0.1, -0.05) is 18.2 Å². The zero-order chi connectivity index (χ0) is 13.6. The molecule has 0 unspecified atom stereocenters. The molecule has 1 aliphatic rings. The summed E-state index contributed by atoms with van der Waals surface area (Å²) in [6.07, 6.45) is 3.63. The largest absolute Gasteiger partial charge is 0.396 e. The zero-order valence-corrected chi connectivity index (χ0v) is 11.9. The number of aliphatic hydroxyl groups is 1. The summed E-state index contributed by atoms with van der Waals surface area (Å²) >= 11 is 1.71. The molecule has 0 spiro atoms. The van der Waals surface area contributed by atoms with E-state index in [0.29, 0.717) is 6.42 Å². The number of amides is 1. The van der Waals surface area contributed by atoms with E-state index < -0.39 is 0 Å². The molecule has 1 aliphatic carbocycles. The maximum absolute atomic E-state index is 11.7. The minimum atomic E-state index is 0.118. The highest BCUT2D eigenvalue weighted by Crippen LogP contribution is 2.47. The molecule has 1 amide bonds. The minimum Gasteiger partial charge on any atom is -0.396 e. The molecule has 1 aromatic rings. The maximum atomic E-state index is 11.7. The highest BCUT2D eigenvalue weighted by atomic mass is 32.2. The van der Waals surface area contributed by atoms with E-state index in [1.54, 1.807) is 11.8 Å². The normalized spacial score (nSPS) is 16.1. The molecule has 1 aromatic carbocycles. The van der Waals surface area contributed by atoms with Gasteiger partial charge in [0.1, 0.15) is 0 Å². The van der Waals surface area contributed by atoms with Crippen LogP contribution in [0.5, 0.6) is 0 Å². The Morgan fingerprint density at radius 3 is 2.68 bits per heavy atom. The van der Waals surface area contributed by atoms with Gasteiger partial charge in [0.2, 0.25) is 5.91 Å². The molecule has 0 bridgehead atoms. The number of hydrogen-bond donors (Lipinski definition) is 2. The molecule has 0 heterocycles. The molecule has 0 saturated heterocycles. The molecule has 0 aromatic heterocycles. The topological polar surface area (TPSA) is 49.3 Å². The number of benzene rings is 1. The Bertz CT molecular complexity index is 404. The van der Waals surface area contributed by atoms with Crippen LogP contribution in [0.4, 0.5) is 0 Å². The van der Waals surface area contributed by atoms with Crippen LogP contribution in [0.3, 0.4) is 0 Å². The average molecular weight is 279 g/mol. The van der Waals surface area contributed by atoms with E-state index in [-0.39, 0.29) is 17.9 Å². The second-order valence-corrected chi connectivity index (χ2v) is 6.33. The molecule has 4 heteroatoms. The number of hydrogen-bond acceptors (Lipinski definition) is 3. The number of carbonyl (C=O) groups is 1. The van der Waals surface area contributed by atoms with Gasteiger partial charge in [-0.3, -0.25) is 4.79 Å². The summed E-state index contributed by atoms with van der Waals surface area (Å²) in [5.74, 6) is 0.927. The van der Waals surface area contributed by atoms with Crippen LogP contribution in [-0.2, 0) is 4.79 Å². The van der Waals surface area contributed by atoms with E-state index in [2.05, 4.69) is 17.4 Å². The number of rotatable bonds is 8. The lowest BCUT2D eigenvalue weighted by molar-refractivity contribution is -0.120. The molecule has 19 heavy (non-hydrogen) atoms. The van der Waals surface area contributed by atoms with Crippen molar-refractivity contribution < 1.29 is 9.90 Å². The van der Waals surface area contributed by atoms with Crippen LogP contribution < -0.4 is 5.32 Å². The van der Waals surface area contributed by atoms with Crippen molar-refractivity contribution in [1.29, 1.82) is 0 Å². The lowest BCUT2D eigenvalue weighted by Crippen LogP contribution is -2.30. The molecule has 1 fully saturated rings. The standard InChI is InChI=1S/C15H21NO2S/c17-10-9-15(7-8-15)12-16-14(18)6-11-19-13-4-2-1-3-5-13/h1-5,17H,6-12H2,(H,16,18). The van der Waals surface area contributed by atoms with Crippen molar-refractivity contribution in [3.63, 3.8) is 0 Å². The van der Waals surface area contributed by atoms with Gasteiger partial charge in [0.25, 0.3) is 0 Å². The van der Waals surface area contributed by atoms with Crippen LogP contribution in [0.2, 0.25) is 0 Å². The van der Waals surface area contributed by atoms with Crippen molar-refractivity contribution in [1.82, 2.24) is 5.32 Å². The first-order valence-electron chi connectivity index (χ1n) is 6.80. The third kappa shape index (κ3) is 4.88. The minimum absolute atomic E-state index is 0.118. The summed E-state index contributed by atoms with van der Waals surface area (Å²) < 4.78 is 0. The monoisotopic (exact) mass is 279 g/mol. The van der Waals surface area contributed by atoms with Crippen LogP contribution in [0.1, 0.15) is 25.7 Å². The predicted molar refractivity (Wildman–Crippen MR) is 78.2 cm³/mol. The number of nitrogens with one attached hydrogen (secondary N) is 1. The fraction of sp³-hybridized carbons (Fsp3) is 0.533. The van der Waals surface area contributed by atoms with Crippen LogP contribution in [0.15, 0.2) is 35.2 Å². The predicted octanol–water partition coefficient (Wildman–Crippen LogP) is 2.45. The van der Waals surface area contributed by atoms with E-state index in [4.69, 9.17) is 5.11 Å². The first-order chi connectivity index (χ1) is 9.24. The third-order valence-corrected chi connectivity index (χ3v) is 4.61. The SMILES string of the molecule is O=C(CCSc1ccccc1)NCC1(CCO)CC1. The fourth-order valence-corrected chi connectivity index (χ4v) is 2.95. The second-order valence-electron chi connectivity index (χ2n) is 5.16. The summed E-state index contributed by atoms with van der Waals surface area (Å²) in [5.41, 5.74) is 0.205. The zero-order valence-electron chi connectivity index (χ0n) is 11.1. The van der Waals surface area contributed by atoms with Gasteiger partial charge >= 0.3 is 0 Å². The van der Waals surface area contributed by atoms with Gasteiger partial charge in [-0.05, 0) is 36.8 Å². The van der Waals surface area contributed by atoms with Crippen LogP contribution >= 0.6 is 11.8 Å². The molecule has 3 nitrogen and oxygen atoms in total. The van der Waals surface area contributed by atoms with Crippen molar-refractivity contribution >= 4 is 17.7 Å². The summed E-state index contributed by atoms with van der Waals surface area (Å²) in [7, 11) is 0. The average Bonchev–Trinajstić information content (AvgIpc) is 3.19. The van der Waals surface area contributed by atoms with Crippen molar-refractivity contribution in [2.75, 3.05) is 18.9 Å². The van der Waals surface area contributed by atoms with Gasteiger partial charge in [-0.15, -0.1) is 11.8 Å². The van der Waals surface area contributed by atoms with Gasteiger partial charge in [0.15, 0.2) is 0 Å². The highest BCUT2D eigenvalue weighted by Gasteiger charge is 2.41. The highest BCUT2D eigenvalue weighted by molar-refractivity contribution is 7.99. The lowest BCUT2D eigenvalue weighted by Gasteiger charge is -2.14. The Morgan fingerprint density at radius 1 is 1.32 bits per heavy atom. The number of carbonyl (C=O) groups excluding carboxylic acids is 1. The molecule has 104 valence electrons. The Morgan fingerprint density at radius 2 is 2.05 bits per heavy atom. The Hall–Kier alpha value is -1.00. The van der Waals surface area contributed by atoms with Gasteiger partial charge in [0.05, 0.1) is 0 Å². The van der Waals surface area contributed by atoms with Gasteiger partial charge < -0.3 is 10.4 Å². The Balaban J connectivity index is 1.60. The Labute approximate surface area is 118 Å². The second kappa shape index (κ2) is 6.96. The summed E-state index contributed by atoms with van der Waals surface area (Å²) in [4.78, 5) is 12.9. The number of aliphatic hydroxyl groups excluding tert-OH is 1. The molecule has 0 aliphatic heterocycles. The van der Waals surface area contributed by atoms with Crippen LogP contribution in [-0.4, -0.2) is 29.9 Å². The smallest absolute Gasteiger partial charge is 0.220 e. The lowest BCUT2D eigenvalue weighted by atomic mass is 10.0. The molecule has 0 atom stereocenters. The number of thioether (sulfide) groups is 1. The quantitative estimate of drug-likeness (QED) is 0.719. The van der Waals surface area contributed by atoms with Crippen molar-refractivity contribution in [3.05, 3.63) is 30.3 Å². The van der Waals surface area contributed by atoms with Crippen LogP contribution in [0, 0.1) is 5.41 Å². The van der Waals surface area contributed by atoms with E-state index in [1.165, 1.54) is 4.90 Å². The molecule has 2 rings (SSSR count). The van der Waals surface area contributed by atoms with Crippen molar-refractivity contribution in [3.8, 4) is 0 Å². The summed E-state index contributed by atoms with van der Waals surface area (Å²) in [5, 5.41) is 12.0. The summed E-state index contributed by atoms with van der Waals surface area (Å²) in [6, 6.07) is 10.1. The van der Waals surface area contributed by atoms with E-state index in [0.717, 1.165) is 31.6 Å². The van der Waals surface area contributed by atoms with E-state index in [9.17, 15) is 4.79 Å². The molecular weight excluding hydrogens is 258 g/mol. The van der Waals surface area contributed by atoms with Gasteiger partial charge in [-0.25, -0.2) is 0 Å². The van der Waals surface area contributed by atoms with Crippen molar-refractivity contribution in [2.24, 2.45) is 5.41 Å². The molecule has 1 saturated carbocycles. The molecule has 0 radical (unpaired) electrons. The van der Waals surface area contributed by atoms with Crippen LogP contribution in [0.25, 0.3) is 0 Å². The van der Waals surface area contributed by atoms with Gasteiger partial charge in [0, 0.05) is 30.2 Å².